The average molecular weight is 335 g/mol. The van der Waals surface area contributed by atoms with Gasteiger partial charge in [-0.3, -0.25) is 0 Å². The second-order valence-corrected chi connectivity index (χ2v) is 6.40. The van der Waals surface area contributed by atoms with Crippen molar-refractivity contribution in [1.82, 2.24) is 0 Å². The van der Waals surface area contributed by atoms with Gasteiger partial charge in [-0.25, -0.2) is 4.79 Å². The molecule has 1 aromatic rings. The zero-order valence-electron chi connectivity index (χ0n) is 15.5. The largest absolute Gasteiger partial charge is 0.462 e. The Labute approximate surface area is 147 Å². The Kier molecular flexibility index (Phi) is 12.1. The Morgan fingerprint density at radius 2 is 1.46 bits per heavy atom. The van der Waals surface area contributed by atoms with Crippen LogP contribution in [-0.4, -0.2) is 26.3 Å². The van der Waals surface area contributed by atoms with Crippen LogP contribution in [0.4, 0.5) is 0 Å². The molecule has 0 unspecified atom stereocenters. The van der Waals surface area contributed by atoms with Gasteiger partial charge >= 0.3 is 5.97 Å². The molecule has 0 radical (unpaired) electrons. The van der Waals surface area contributed by atoms with E-state index in [1.807, 2.05) is 12.1 Å². The minimum absolute atomic E-state index is 0.227. The van der Waals surface area contributed by atoms with Gasteiger partial charge in [0, 0.05) is 13.7 Å². The highest BCUT2D eigenvalue weighted by Gasteiger charge is 2.06. The minimum Gasteiger partial charge on any atom is -0.462 e. The standard InChI is InChI=1S/C21H34O3/c1-3-4-5-6-7-8-9-12-19-13-15-20(16-14-19)21(22)24-18-11-10-17-23-2/h13-16H,3-12,17-18H2,1-2H3. The summed E-state index contributed by atoms with van der Waals surface area (Å²) in [6.07, 6.45) is 12.1. The first-order chi connectivity index (χ1) is 11.8. The molecular formula is C21H34O3. The number of unbranched alkanes of at least 4 members (excludes halogenated alkanes) is 7. The van der Waals surface area contributed by atoms with Crippen LogP contribution in [0.5, 0.6) is 0 Å². The number of aryl methyl sites for hydroxylation is 1. The number of rotatable bonds is 14. The van der Waals surface area contributed by atoms with E-state index in [0.29, 0.717) is 18.8 Å². The summed E-state index contributed by atoms with van der Waals surface area (Å²) in [6, 6.07) is 7.87. The molecule has 0 amide bonds. The predicted octanol–water partition coefficient (Wildman–Crippen LogP) is 5.56. The molecule has 136 valence electrons. The fraction of sp³-hybridized carbons (Fsp3) is 0.667. The van der Waals surface area contributed by atoms with Crippen molar-refractivity contribution in [3.63, 3.8) is 0 Å². The first kappa shape index (κ1) is 20.7. The first-order valence-corrected chi connectivity index (χ1v) is 9.53. The molecule has 0 aliphatic rings. The molecule has 0 spiro atoms. The van der Waals surface area contributed by atoms with E-state index >= 15 is 0 Å². The maximum absolute atomic E-state index is 11.9. The van der Waals surface area contributed by atoms with Gasteiger partial charge in [0.15, 0.2) is 0 Å². The van der Waals surface area contributed by atoms with E-state index in [1.54, 1.807) is 7.11 Å². The van der Waals surface area contributed by atoms with Crippen molar-refractivity contribution in [2.24, 2.45) is 0 Å². The molecule has 0 N–H and O–H groups in total. The van der Waals surface area contributed by atoms with Crippen LogP contribution in [0.1, 0.15) is 80.6 Å². The van der Waals surface area contributed by atoms with Crippen molar-refractivity contribution in [3.05, 3.63) is 35.4 Å². The monoisotopic (exact) mass is 334 g/mol. The second kappa shape index (κ2) is 14.0. The third-order valence-corrected chi connectivity index (χ3v) is 4.23. The Hall–Kier alpha value is -1.35. The molecule has 0 aliphatic carbocycles. The van der Waals surface area contributed by atoms with Crippen molar-refractivity contribution in [1.29, 1.82) is 0 Å². The number of esters is 1. The highest BCUT2D eigenvalue weighted by Crippen LogP contribution is 2.12. The van der Waals surface area contributed by atoms with E-state index in [1.165, 1.54) is 50.5 Å². The van der Waals surface area contributed by atoms with Crippen molar-refractivity contribution >= 4 is 5.97 Å². The molecular weight excluding hydrogens is 300 g/mol. The molecule has 0 atom stereocenters. The van der Waals surface area contributed by atoms with Gasteiger partial charge in [0.2, 0.25) is 0 Å². The number of methoxy groups -OCH3 is 1. The maximum Gasteiger partial charge on any atom is 0.338 e. The molecule has 0 fully saturated rings. The lowest BCUT2D eigenvalue weighted by atomic mass is 10.0. The maximum atomic E-state index is 11.9. The number of hydrogen-bond acceptors (Lipinski definition) is 3. The summed E-state index contributed by atoms with van der Waals surface area (Å²) in [4.78, 5) is 11.9. The quantitative estimate of drug-likeness (QED) is 0.330. The number of ether oxygens (including phenoxy) is 2. The molecule has 0 heterocycles. The third-order valence-electron chi connectivity index (χ3n) is 4.23. The molecule has 0 bridgehead atoms. The molecule has 24 heavy (non-hydrogen) atoms. The summed E-state index contributed by atoms with van der Waals surface area (Å²) in [5, 5.41) is 0. The van der Waals surface area contributed by atoms with Crippen molar-refractivity contribution in [3.8, 4) is 0 Å². The third kappa shape index (κ3) is 9.71. The molecule has 0 aromatic heterocycles. The van der Waals surface area contributed by atoms with E-state index in [0.717, 1.165) is 19.3 Å². The number of carbonyl (C=O) groups excluding carboxylic acids is 1. The van der Waals surface area contributed by atoms with Gasteiger partial charge in [-0.1, -0.05) is 57.6 Å². The smallest absolute Gasteiger partial charge is 0.338 e. The fourth-order valence-corrected chi connectivity index (χ4v) is 2.69. The van der Waals surface area contributed by atoms with Crippen LogP contribution in [0.3, 0.4) is 0 Å². The summed E-state index contributed by atoms with van der Waals surface area (Å²) in [6.45, 7) is 3.42. The van der Waals surface area contributed by atoms with Gasteiger partial charge in [-0.05, 0) is 43.4 Å². The zero-order valence-corrected chi connectivity index (χ0v) is 15.5. The first-order valence-electron chi connectivity index (χ1n) is 9.53. The Morgan fingerprint density at radius 1 is 0.833 bits per heavy atom. The molecule has 1 aromatic carbocycles. The topological polar surface area (TPSA) is 35.5 Å². The zero-order chi connectivity index (χ0) is 17.5. The SMILES string of the molecule is CCCCCCCCCc1ccc(C(=O)OCCCCOC)cc1. The van der Waals surface area contributed by atoms with Crippen LogP contribution in [0, 0.1) is 0 Å². The molecule has 3 nitrogen and oxygen atoms in total. The fourth-order valence-electron chi connectivity index (χ4n) is 2.69. The van der Waals surface area contributed by atoms with Gasteiger partial charge in [0.1, 0.15) is 0 Å². The van der Waals surface area contributed by atoms with E-state index in [4.69, 9.17) is 9.47 Å². The van der Waals surface area contributed by atoms with Crippen molar-refractivity contribution in [2.45, 2.75) is 71.1 Å². The van der Waals surface area contributed by atoms with E-state index < -0.39 is 0 Å². The summed E-state index contributed by atoms with van der Waals surface area (Å²) >= 11 is 0. The van der Waals surface area contributed by atoms with E-state index in [-0.39, 0.29) is 5.97 Å². The average Bonchev–Trinajstić information content (AvgIpc) is 2.61. The molecule has 0 aliphatic heterocycles. The highest BCUT2D eigenvalue weighted by molar-refractivity contribution is 5.89. The molecule has 3 heteroatoms. The van der Waals surface area contributed by atoms with Crippen LogP contribution in [-0.2, 0) is 15.9 Å². The van der Waals surface area contributed by atoms with Gasteiger partial charge < -0.3 is 9.47 Å². The van der Waals surface area contributed by atoms with Crippen LogP contribution < -0.4 is 0 Å². The lowest BCUT2D eigenvalue weighted by molar-refractivity contribution is 0.0489. The van der Waals surface area contributed by atoms with Gasteiger partial charge in [0.05, 0.1) is 12.2 Å². The Balaban J connectivity index is 2.16. The lowest BCUT2D eigenvalue weighted by Gasteiger charge is -2.06. The Bertz CT molecular complexity index is 425. The van der Waals surface area contributed by atoms with Crippen LogP contribution in [0.25, 0.3) is 0 Å². The van der Waals surface area contributed by atoms with Gasteiger partial charge in [-0.15, -0.1) is 0 Å². The summed E-state index contributed by atoms with van der Waals surface area (Å²) in [5.74, 6) is -0.227. The highest BCUT2D eigenvalue weighted by atomic mass is 16.5. The normalized spacial score (nSPS) is 10.8. The minimum atomic E-state index is -0.227. The van der Waals surface area contributed by atoms with Crippen LogP contribution >= 0.6 is 0 Å². The summed E-state index contributed by atoms with van der Waals surface area (Å²) in [5.41, 5.74) is 1.95. The molecule has 0 saturated heterocycles. The summed E-state index contributed by atoms with van der Waals surface area (Å²) in [7, 11) is 1.68. The van der Waals surface area contributed by atoms with Gasteiger partial charge in [-0.2, -0.15) is 0 Å². The lowest BCUT2D eigenvalue weighted by Crippen LogP contribution is -2.07. The molecule has 1 rings (SSSR count). The van der Waals surface area contributed by atoms with E-state index in [9.17, 15) is 4.79 Å². The number of benzene rings is 1. The van der Waals surface area contributed by atoms with Gasteiger partial charge in [0.25, 0.3) is 0 Å². The van der Waals surface area contributed by atoms with Crippen molar-refractivity contribution < 1.29 is 14.3 Å². The van der Waals surface area contributed by atoms with Crippen molar-refractivity contribution in [2.75, 3.05) is 20.3 Å². The predicted molar refractivity (Wildman–Crippen MR) is 99.5 cm³/mol. The van der Waals surface area contributed by atoms with Crippen LogP contribution in [0.2, 0.25) is 0 Å². The summed E-state index contributed by atoms with van der Waals surface area (Å²) < 4.78 is 10.2. The van der Waals surface area contributed by atoms with E-state index in [2.05, 4.69) is 19.1 Å². The number of carbonyl (C=O) groups is 1. The van der Waals surface area contributed by atoms with Crippen LogP contribution in [0.15, 0.2) is 24.3 Å². The second-order valence-electron chi connectivity index (χ2n) is 6.40. The molecule has 0 saturated carbocycles. The Morgan fingerprint density at radius 3 is 2.12 bits per heavy atom. The number of hydrogen-bond donors (Lipinski definition) is 0.